The zero-order chi connectivity index (χ0) is 15.4. The highest BCUT2D eigenvalue weighted by molar-refractivity contribution is 6.04. The molecule has 2 rings (SSSR count). The van der Waals surface area contributed by atoms with Crippen LogP contribution in [0.15, 0.2) is 48.5 Å². The first-order valence-corrected chi connectivity index (χ1v) is 6.59. The van der Waals surface area contributed by atoms with Gasteiger partial charge in [-0.1, -0.05) is 42.5 Å². The lowest BCUT2D eigenvalue weighted by atomic mass is 9.88. The van der Waals surface area contributed by atoms with Crippen LogP contribution in [0.5, 0.6) is 0 Å². The zero-order valence-electron chi connectivity index (χ0n) is 11.6. The van der Waals surface area contributed by atoms with Crippen LogP contribution >= 0.6 is 0 Å². The van der Waals surface area contributed by atoms with Crippen molar-refractivity contribution in [2.75, 3.05) is 6.61 Å². The second-order valence-corrected chi connectivity index (χ2v) is 4.79. The highest BCUT2D eigenvalue weighted by Gasteiger charge is 2.24. The van der Waals surface area contributed by atoms with Gasteiger partial charge in [-0.25, -0.2) is 4.79 Å². The van der Waals surface area contributed by atoms with E-state index in [0.29, 0.717) is 16.7 Å². The molecule has 0 aliphatic rings. The quantitative estimate of drug-likeness (QED) is 0.828. The number of aromatic carboxylic acids is 1. The third kappa shape index (κ3) is 3.01. The van der Waals surface area contributed by atoms with Crippen molar-refractivity contribution in [2.45, 2.75) is 12.8 Å². The van der Waals surface area contributed by atoms with Gasteiger partial charge in [-0.05, 0) is 24.1 Å². The van der Waals surface area contributed by atoms with Crippen LogP contribution in [0.25, 0.3) is 0 Å². The van der Waals surface area contributed by atoms with Gasteiger partial charge in [-0.3, -0.25) is 4.79 Å². The summed E-state index contributed by atoms with van der Waals surface area (Å²) in [5.41, 5.74) is 1.57. The molecular weight excluding hydrogens is 268 g/mol. The van der Waals surface area contributed by atoms with Crippen LogP contribution < -0.4 is 0 Å². The lowest BCUT2D eigenvalue weighted by molar-refractivity contribution is 0.0696. The molecule has 0 aromatic heterocycles. The molecule has 108 valence electrons. The van der Waals surface area contributed by atoms with Crippen LogP contribution in [0, 0.1) is 6.92 Å². The van der Waals surface area contributed by atoms with Crippen molar-refractivity contribution in [3.8, 4) is 0 Å². The lowest BCUT2D eigenvalue weighted by Crippen LogP contribution is -2.18. The fourth-order valence-electron chi connectivity index (χ4n) is 2.35. The van der Waals surface area contributed by atoms with Crippen molar-refractivity contribution in [3.63, 3.8) is 0 Å². The predicted octanol–water partition coefficient (Wildman–Crippen LogP) is 2.65. The summed E-state index contributed by atoms with van der Waals surface area (Å²) in [6.45, 7) is 1.29. The number of carboxylic acids is 1. The number of carboxylic acid groups (broad SMARTS) is 1. The van der Waals surface area contributed by atoms with E-state index in [1.54, 1.807) is 43.3 Å². The van der Waals surface area contributed by atoms with Gasteiger partial charge >= 0.3 is 5.97 Å². The Morgan fingerprint density at radius 1 is 1.00 bits per heavy atom. The SMILES string of the molecule is Cc1c(C(=O)O)cccc1C(=O)C(CO)c1ccccc1. The Labute approximate surface area is 122 Å². The second-order valence-electron chi connectivity index (χ2n) is 4.79. The molecule has 21 heavy (non-hydrogen) atoms. The standard InChI is InChI=1S/C17H16O4/c1-11-13(8-5-9-14(11)17(20)21)16(19)15(10-18)12-6-3-2-4-7-12/h2-9,15,18H,10H2,1H3,(H,20,21). The lowest BCUT2D eigenvalue weighted by Gasteiger charge is -2.16. The van der Waals surface area contributed by atoms with E-state index >= 15 is 0 Å². The Morgan fingerprint density at radius 2 is 1.62 bits per heavy atom. The number of Topliss-reactive ketones (excluding diaryl/α,β-unsaturated/α-hetero) is 1. The average molecular weight is 284 g/mol. The summed E-state index contributed by atoms with van der Waals surface area (Å²) < 4.78 is 0. The molecular formula is C17H16O4. The fraction of sp³-hybridized carbons (Fsp3) is 0.176. The van der Waals surface area contributed by atoms with Gasteiger partial charge in [0, 0.05) is 5.56 Å². The van der Waals surface area contributed by atoms with Crippen molar-refractivity contribution >= 4 is 11.8 Å². The van der Waals surface area contributed by atoms with Gasteiger partial charge in [0.15, 0.2) is 5.78 Å². The van der Waals surface area contributed by atoms with Crippen molar-refractivity contribution in [1.29, 1.82) is 0 Å². The van der Waals surface area contributed by atoms with E-state index < -0.39 is 11.9 Å². The first-order chi connectivity index (χ1) is 10.1. The summed E-state index contributed by atoms with van der Waals surface area (Å²) in [6.07, 6.45) is 0. The fourth-order valence-corrected chi connectivity index (χ4v) is 2.35. The van der Waals surface area contributed by atoms with Crippen LogP contribution in [0.3, 0.4) is 0 Å². The van der Waals surface area contributed by atoms with Crippen LogP contribution in [-0.4, -0.2) is 28.6 Å². The van der Waals surface area contributed by atoms with Gasteiger partial charge in [0.05, 0.1) is 18.1 Å². The van der Waals surface area contributed by atoms with Crippen LogP contribution in [0.2, 0.25) is 0 Å². The number of rotatable bonds is 5. The van der Waals surface area contributed by atoms with E-state index in [1.807, 2.05) is 6.07 Å². The maximum atomic E-state index is 12.6. The summed E-state index contributed by atoms with van der Waals surface area (Å²) >= 11 is 0. The molecule has 0 saturated carbocycles. The number of hydrogen-bond donors (Lipinski definition) is 2. The molecule has 0 radical (unpaired) electrons. The molecule has 0 saturated heterocycles. The smallest absolute Gasteiger partial charge is 0.335 e. The Hall–Kier alpha value is -2.46. The Bertz CT molecular complexity index is 662. The predicted molar refractivity (Wildman–Crippen MR) is 78.7 cm³/mol. The van der Waals surface area contributed by atoms with E-state index in [2.05, 4.69) is 0 Å². The average Bonchev–Trinajstić information content (AvgIpc) is 2.49. The third-order valence-electron chi connectivity index (χ3n) is 3.53. The van der Waals surface area contributed by atoms with Gasteiger partial charge in [0.1, 0.15) is 0 Å². The number of ketones is 1. The maximum absolute atomic E-state index is 12.6. The van der Waals surface area contributed by atoms with E-state index in [9.17, 15) is 14.7 Å². The van der Waals surface area contributed by atoms with E-state index in [-0.39, 0.29) is 18.0 Å². The maximum Gasteiger partial charge on any atom is 0.335 e. The van der Waals surface area contributed by atoms with Gasteiger partial charge in [0.2, 0.25) is 0 Å². The van der Waals surface area contributed by atoms with Crippen LogP contribution in [-0.2, 0) is 0 Å². The molecule has 0 aliphatic carbocycles. The molecule has 1 atom stereocenters. The summed E-state index contributed by atoms with van der Waals surface area (Å²) in [5.74, 6) is -2.03. The van der Waals surface area contributed by atoms with Gasteiger partial charge in [-0.15, -0.1) is 0 Å². The number of benzene rings is 2. The van der Waals surface area contributed by atoms with Gasteiger partial charge in [0.25, 0.3) is 0 Å². The molecule has 0 aliphatic heterocycles. The zero-order valence-corrected chi connectivity index (χ0v) is 11.6. The molecule has 0 fully saturated rings. The number of carbonyl (C=O) groups is 2. The summed E-state index contributed by atoms with van der Waals surface area (Å²) in [6, 6.07) is 13.6. The largest absolute Gasteiger partial charge is 0.478 e. The third-order valence-corrected chi connectivity index (χ3v) is 3.53. The molecule has 0 spiro atoms. The minimum Gasteiger partial charge on any atom is -0.478 e. The Balaban J connectivity index is 2.44. The topological polar surface area (TPSA) is 74.6 Å². The van der Waals surface area contributed by atoms with Gasteiger partial charge < -0.3 is 10.2 Å². The summed E-state index contributed by atoms with van der Waals surface area (Å²) in [7, 11) is 0. The molecule has 1 unspecified atom stereocenters. The number of hydrogen-bond acceptors (Lipinski definition) is 3. The minimum absolute atomic E-state index is 0.102. The molecule has 0 heterocycles. The Morgan fingerprint density at radius 3 is 2.19 bits per heavy atom. The van der Waals surface area contributed by atoms with Crippen molar-refractivity contribution < 1.29 is 19.8 Å². The second kappa shape index (κ2) is 6.33. The molecule has 2 aromatic carbocycles. The summed E-state index contributed by atoms with van der Waals surface area (Å²) in [4.78, 5) is 23.8. The molecule has 4 heteroatoms. The molecule has 4 nitrogen and oxygen atoms in total. The minimum atomic E-state index is -1.07. The van der Waals surface area contributed by atoms with Gasteiger partial charge in [-0.2, -0.15) is 0 Å². The van der Waals surface area contributed by atoms with Crippen LogP contribution in [0.4, 0.5) is 0 Å². The normalized spacial score (nSPS) is 11.9. The number of aliphatic hydroxyl groups is 1. The first kappa shape index (κ1) is 14.9. The van der Waals surface area contributed by atoms with E-state index in [1.165, 1.54) is 6.07 Å². The van der Waals surface area contributed by atoms with Crippen molar-refractivity contribution in [3.05, 3.63) is 70.8 Å². The molecule has 2 aromatic rings. The molecule has 0 bridgehead atoms. The Kier molecular flexibility index (Phi) is 4.50. The van der Waals surface area contributed by atoms with Crippen molar-refractivity contribution in [1.82, 2.24) is 0 Å². The van der Waals surface area contributed by atoms with Crippen LogP contribution in [0.1, 0.15) is 37.8 Å². The number of carbonyl (C=O) groups excluding carboxylic acids is 1. The number of aliphatic hydroxyl groups excluding tert-OH is 1. The molecule has 0 amide bonds. The molecule has 2 N–H and O–H groups in total. The summed E-state index contributed by atoms with van der Waals surface area (Å²) in [5, 5.41) is 18.7. The van der Waals surface area contributed by atoms with E-state index in [0.717, 1.165) is 0 Å². The monoisotopic (exact) mass is 284 g/mol. The highest BCUT2D eigenvalue weighted by atomic mass is 16.4. The van der Waals surface area contributed by atoms with Crippen molar-refractivity contribution in [2.24, 2.45) is 0 Å². The van der Waals surface area contributed by atoms with E-state index in [4.69, 9.17) is 5.11 Å². The first-order valence-electron chi connectivity index (χ1n) is 6.59. The highest BCUT2D eigenvalue weighted by Crippen LogP contribution is 2.24.